The third kappa shape index (κ3) is 4.47. The van der Waals surface area contributed by atoms with Crippen molar-refractivity contribution in [3.8, 4) is 11.3 Å². The van der Waals surface area contributed by atoms with Crippen LogP contribution in [-0.2, 0) is 6.42 Å². The van der Waals surface area contributed by atoms with Crippen molar-refractivity contribution in [2.24, 2.45) is 0 Å². The van der Waals surface area contributed by atoms with Gasteiger partial charge < -0.3 is 9.73 Å². The van der Waals surface area contributed by atoms with Crippen molar-refractivity contribution in [3.63, 3.8) is 0 Å². The Labute approximate surface area is 128 Å². The number of rotatable bonds is 7. The minimum Gasteiger partial charge on any atom is -0.461 e. The highest BCUT2D eigenvalue weighted by atomic mass is 16.3. The number of hydrogen-bond acceptors (Lipinski definition) is 2. The first-order valence-corrected chi connectivity index (χ1v) is 8.02. The van der Waals surface area contributed by atoms with Crippen molar-refractivity contribution >= 4 is 0 Å². The molecule has 0 aliphatic heterocycles. The maximum absolute atomic E-state index is 5.98. The highest BCUT2D eigenvalue weighted by Crippen LogP contribution is 2.25. The summed E-state index contributed by atoms with van der Waals surface area (Å²) in [5, 5.41) is 3.49. The van der Waals surface area contributed by atoms with Crippen LogP contribution in [0.15, 0.2) is 40.8 Å². The van der Waals surface area contributed by atoms with E-state index in [2.05, 4.69) is 69.4 Å². The van der Waals surface area contributed by atoms with Crippen LogP contribution >= 0.6 is 0 Å². The normalized spacial score (nSPS) is 12.8. The molecular formula is C19H27NO. The topological polar surface area (TPSA) is 25.2 Å². The zero-order valence-corrected chi connectivity index (χ0v) is 13.6. The lowest BCUT2D eigenvalue weighted by Gasteiger charge is -2.11. The van der Waals surface area contributed by atoms with Crippen LogP contribution in [0.5, 0.6) is 0 Å². The molecule has 0 saturated carbocycles. The minimum absolute atomic E-state index is 0.451. The molecule has 2 aromatic rings. The summed E-state index contributed by atoms with van der Waals surface area (Å²) in [5.74, 6) is 2.58. The first kappa shape index (κ1) is 15.8. The van der Waals surface area contributed by atoms with Crippen LogP contribution in [-0.4, -0.2) is 12.6 Å². The van der Waals surface area contributed by atoms with E-state index in [4.69, 9.17) is 4.42 Å². The highest BCUT2D eigenvalue weighted by molar-refractivity contribution is 5.58. The largest absolute Gasteiger partial charge is 0.461 e. The van der Waals surface area contributed by atoms with Crippen LogP contribution in [0.2, 0.25) is 0 Å². The summed E-state index contributed by atoms with van der Waals surface area (Å²) in [6.45, 7) is 9.88. The zero-order chi connectivity index (χ0) is 15.2. The molecule has 0 aliphatic rings. The van der Waals surface area contributed by atoms with Crippen molar-refractivity contribution in [2.45, 2.75) is 52.5 Å². The molecule has 0 amide bonds. The second-order valence-electron chi connectivity index (χ2n) is 6.10. The summed E-state index contributed by atoms with van der Waals surface area (Å²) >= 11 is 0. The summed E-state index contributed by atoms with van der Waals surface area (Å²) in [6, 6.07) is 13.3. The van der Waals surface area contributed by atoms with E-state index < -0.39 is 0 Å². The molecule has 21 heavy (non-hydrogen) atoms. The number of nitrogens with one attached hydrogen (secondary N) is 1. The number of hydrogen-bond donors (Lipinski definition) is 1. The van der Waals surface area contributed by atoms with Crippen molar-refractivity contribution in [1.82, 2.24) is 5.32 Å². The Kier molecular flexibility index (Phi) is 5.63. The molecule has 0 bridgehead atoms. The Hall–Kier alpha value is -1.54. The van der Waals surface area contributed by atoms with Crippen molar-refractivity contribution < 1.29 is 4.42 Å². The molecule has 1 atom stereocenters. The molecule has 2 nitrogen and oxygen atoms in total. The summed E-state index contributed by atoms with van der Waals surface area (Å²) < 4.78 is 5.98. The molecule has 0 spiro atoms. The molecule has 1 N–H and O–H groups in total. The molecule has 1 aromatic carbocycles. The maximum Gasteiger partial charge on any atom is 0.134 e. The third-order valence-electron chi connectivity index (χ3n) is 3.77. The van der Waals surface area contributed by atoms with Gasteiger partial charge in [-0.15, -0.1) is 0 Å². The summed E-state index contributed by atoms with van der Waals surface area (Å²) in [6.07, 6.45) is 2.10. The molecular weight excluding hydrogens is 258 g/mol. The van der Waals surface area contributed by atoms with Gasteiger partial charge in [-0.2, -0.15) is 0 Å². The summed E-state index contributed by atoms with van der Waals surface area (Å²) in [4.78, 5) is 0. The lowest BCUT2D eigenvalue weighted by Crippen LogP contribution is -2.28. The van der Waals surface area contributed by atoms with Crippen LogP contribution in [0.3, 0.4) is 0 Å². The van der Waals surface area contributed by atoms with Gasteiger partial charge in [0.1, 0.15) is 11.5 Å². The lowest BCUT2D eigenvalue weighted by molar-refractivity contribution is 0.464. The molecule has 114 valence electrons. The predicted octanol–water partition coefficient (Wildman–Crippen LogP) is 5.00. The SMILES string of the molecule is CCCNC(C)Cc1ccc(-c2ccc(C(C)C)cc2)o1. The van der Waals surface area contributed by atoms with E-state index in [0.29, 0.717) is 12.0 Å². The van der Waals surface area contributed by atoms with E-state index in [1.165, 1.54) is 5.56 Å². The van der Waals surface area contributed by atoms with Gasteiger partial charge in [-0.1, -0.05) is 45.0 Å². The monoisotopic (exact) mass is 285 g/mol. The summed E-state index contributed by atoms with van der Waals surface area (Å²) in [7, 11) is 0. The Morgan fingerprint density at radius 2 is 1.71 bits per heavy atom. The maximum atomic E-state index is 5.98. The number of furan rings is 1. The first-order chi connectivity index (χ1) is 10.1. The Morgan fingerprint density at radius 1 is 1.00 bits per heavy atom. The van der Waals surface area contributed by atoms with Gasteiger partial charge in [-0.3, -0.25) is 0 Å². The van der Waals surface area contributed by atoms with E-state index in [-0.39, 0.29) is 0 Å². The fourth-order valence-corrected chi connectivity index (χ4v) is 2.44. The molecule has 0 saturated heterocycles. The van der Waals surface area contributed by atoms with Crippen molar-refractivity contribution in [2.75, 3.05) is 6.54 Å². The van der Waals surface area contributed by atoms with Gasteiger partial charge in [0.05, 0.1) is 0 Å². The fourth-order valence-electron chi connectivity index (χ4n) is 2.44. The number of benzene rings is 1. The van der Waals surface area contributed by atoms with E-state index in [0.717, 1.165) is 36.5 Å². The highest BCUT2D eigenvalue weighted by Gasteiger charge is 2.09. The zero-order valence-electron chi connectivity index (χ0n) is 13.6. The van der Waals surface area contributed by atoms with Crippen molar-refractivity contribution in [3.05, 3.63) is 47.7 Å². The molecule has 0 radical (unpaired) electrons. The fraction of sp³-hybridized carbons (Fsp3) is 0.474. The predicted molar refractivity (Wildman–Crippen MR) is 89.7 cm³/mol. The molecule has 2 heteroatoms. The molecule has 0 fully saturated rings. The van der Waals surface area contributed by atoms with Gasteiger partial charge in [-0.25, -0.2) is 0 Å². The summed E-state index contributed by atoms with van der Waals surface area (Å²) in [5.41, 5.74) is 2.52. The van der Waals surface area contributed by atoms with Crippen LogP contribution in [0.4, 0.5) is 0 Å². The lowest BCUT2D eigenvalue weighted by atomic mass is 10.0. The average Bonchev–Trinajstić information content (AvgIpc) is 2.93. The molecule has 2 rings (SSSR count). The van der Waals surface area contributed by atoms with Gasteiger partial charge in [0, 0.05) is 18.0 Å². The molecule has 1 aromatic heterocycles. The van der Waals surface area contributed by atoms with Crippen LogP contribution in [0.1, 0.15) is 51.4 Å². The van der Waals surface area contributed by atoms with Crippen LogP contribution < -0.4 is 5.32 Å². The standard InChI is InChI=1S/C19H27NO/c1-5-12-20-15(4)13-18-10-11-19(21-18)17-8-6-16(7-9-17)14(2)3/h6-11,14-15,20H,5,12-13H2,1-4H3. The van der Waals surface area contributed by atoms with E-state index in [9.17, 15) is 0 Å². The van der Waals surface area contributed by atoms with Gasteiger partial charge in [-0.05, 0) is 43.5 Å². The Balaban J connectivity index is 2.02. The quantitative estimate of drug-likeness (QED) is 0.774. The average molecular weight is 285 g/mol. The van der Waals surface area contributed by atoms with Gasteiger partial charge in [0.15, 0.2) is 0 Å². The van der Waals surface area contributed by atoms with E-state index >= 15 is 0 Å². The minimum atomic E-state index is 0.451. The molecule has 1 unspecified atom stereocenters. The Bertz CT molecular complexity index is 539. The van der Waals surface area contributed by atoms with E-state index in [1.54, 1.807) is 0 Å². The molecule has 1 heterocycles. The van der Waals surface area contributed by atoms with Crippen LogP contribution in [0.25, 0.3) is 11.3 Å². The second kappa shape index (κ2) is 7.46. The third-order valence-corrected chi connectivity index (χ3v) is 3.77. The van der Waals surface area contributed by atoms with Gasteiger partial charge in [0.25, 0.3) is 0 Å². The molecule has 0 aliphatic carbocycles. The second-order valence-corrected chi connectivity index (χ2v) is 6.10. The van der Waals surface area contributed by atoms with Gasteiger partial charge >= 0.3 is 0 Å². The smallest absolute Gasteiger partial charge is 0.134 e. The Morgan fingerprint density at radius 3 is 2.33 bits per heavy atom. The van der Waals surface area contributed by atoms with Crippen molar-refractivity contribution in [1.29, 1.82) is 0 Å². The van der Waals surface area contributed by atoms with E-state index in [1.807, 2.05) is 0 Å². The van der Waals surface area contributed by atoms with Gasteiger partial charge in [0.2, 0.25) is 0 Å². The first-order valence-electron chi connectivity index (χ1n) is 8.02. The van der Waals surface area contributed by atoms with Crippen LogP contribution in [0, 0.1) is 0 Å².